The Morgan fingerprint density at radius 2 is 2.10 bits per heavy atom. The van der Waals surface area contributed by atoms with E-state index in [1.165, 1.54) is 6.42 Å². The van der Waals surface area contributed by atoms with E-state index >= 15 is 0 Å². The first kappa shape index (κ1) is 16.2. The molecule has 0 aliphatic carbocycles. The minimum absolute atomic E-state index is 0.0104. The number of rotatable bonds is 5. The quantitative estimate of drug-likeness (QED) is 0.905. The molecule has 3 unspecified atom stereocenters. The van der Waals surface area contributed by atoms with Crippen molar-refractivity contribution >= 4 is 0 Å². The first-order valence-corrected chi connectivity index (χ1v) is 7.54. The summed E-state index contributed by atoms with van der Waals surface area (Å²) >= 11 is 0. The summed E-state index contributed by atoms with van der Waals surface area (Å²) in [5, 5.41) is 0. The number of alkyl halides is 2. The van der Waals surface area contributed by atoms with E-state index in [9.17, 15) is 8.78 Å². The predicted octanol–water partition coefficient (Wildman–Crippen LogP) is 3.41. The van der Waals surface area contributed by atoms with Gasteiger partial charge in [-0.25, -0.2) is 0 Å². The maximum atomic E-state index is 12.6. The van der Waals surface area contributed by atoms with Crippen LogP contribution in [0.25, 0.3) is 0 Å². The van der Waals surface area contributed by atoms with Gasteiger partial charge in [-0.2, -0.15) is 8.78 Å². The van der Waals surface area contributed by atoms with Crippen molar-refractivity contribution in [1.29, 1.82) is 0 Å². The van der Waals surface area contributed by atoms with Gasteiger partial charge in [-0.15, -0.1) is 0 Å². The molecule has 0 radical (unpaired) electrons. The molecular weight excluding hydrogens is 274 g/mol. The fraction of sp³-hybridized carbons (Fsp3) is 0.625. The van der Waals surface area contributed by atoms with Crippen molar-refractivity contribution in [2.24, 2.45) is 11.7 Å². The van der Waals surface area contributed by atoms with Crippen LogP contribution in [0.5, 0.6) is 5.75 Å². The van der Waals surface area contributed by atoms with Crippen LogP contribution in [0.4, 0.5) is 8.78 Å². The van der Waals surface area contributed by atoms with Crippen LogP contribution in [0.3, 0.4) is 0 Å². The highest BCUT2D eigenvalue weighted by Gasteiger charge is 2.32. The number of piperidine rings is 1. The zero-order chi connectivity index (χ0) is 15.4. The Bertz CT molecular complexity index is 456. The highest BCUT2D eigenvalue weighted by Crippen LogP contribution is 2.35. The number of halogens is 2. The molecule has 0 bridgehead atoms. The van der Waals surface area contributed by atoms with Crippen LogP contribution >= 0.6 is 0 Å². The Morgan fingerprint density at radius 3 is 2.76 bits per heavy atom. The van der Waals surface area contributed by atoms with Crippen LogP contribution in [0, 0.1) is 5.92 Å². The summed E-state index contributed by atoms with van der Waals surface area (Å²) < 4.78 is 29.8. The highest BCUT2D eigenvalue weighted by molar-refractivity contribution is 5.36. The number of nitrogens with two attached hydrogens (primary N) is 1. The summed E-state index contributed by atoms with van der Waals surface area (Å²) in [6.45, 7) is 2.97. The molecular formula is C16H24F2N2O. The van der Waals surface area contributed by atoms with Crippen LogP contribution in [0.15, 0.2) is 24.3 Å². The standard InChI is InChI=1S/C16H24F2N2O/c1-11-6-5-9-20(14(11)10-19)12(2)13-7-3-4-8-15(13)21-16(17)18/h3-4,7-8,11-12,14,16H,5-6,9-10,19H2,1-2H3. The van der Waals surface area contributed by atoms with E-state index in [1.54, 1.807) is 12.1 Å². The molecule has 1 heterocycles. The van der Waals surface area contributed by atoms with E-state index in [-0.39, 0.29) is 17.8 Å². The Labute approximate surface area is 125 Å². The van der Waals surface area contributed by atoms with Crippen molar-refractivity contribution in [1.82, 2.24) is 4.90 Å². The SMILES string of the molecule is CC1CCCN(C(C)c2ccccc2OC(F)F)C1CN. The molecule has 1 aromatic carbocycles. The van der Waals surface area contributed by atoms with E-state index in [0.29, 0.717) is 12.5 Å². The van der Waals surface area contributed by atoms with Crippen molar-refractivity contribution in [3.05, 3.63) is 29.8 Å². The van der Waals surface area contributed by atoms with Crippen molar-refractivity contribution in [3.8, 4) is 5.75 Å². The second kappa shape index (κ2) is 7.18. The first-order chi connectivity index (χ1) is 10.0. The second-order valence-electron chi connectivity index (χ2n) is 5.75. The molecule has 5 heteroatoms. The summed E-state index contributed by atoms with van der Waals surface area (Å²) in [4.78, 5) is 2.32. The summed E-state index contributed by atoms with van der Waals surface area (Å²) in [5.74, 6) is 0.781. The fourth-order valence-electron chi connectivity index (χ4n) is 3.34. The highest BCUT2D eigenvalue weighted by atomic mass is 19.3. The molecule has 1 aliphatic heterocycles. The molecule has 1 aliphatic rings. The summed E-state index contributed by atoms with van der Waals surface area (Å²) in [5.41, 5.74) is 6.72. The molecule has 0 aromatic heterocycles. The van der Waals surface area contributed by atoms with Gasteiger partial charge in [0.2, 0.25) is 0 Å². The van der Waals surface area contributed by atoms with E-state index in [0.717, 1.165) is 18.5 Å². The van der Waals surface area contributed by atoms with Gasteiger partial charge < -0.3 is 10.5 Å². The van der Waals surface area contributed by atoms with Crippen molar-refractivity contribution in [2.75, 3.05) is 13.1 Å². The van der Waals surface area contributed by atoms with Crippen molar-refractivity contribution in [2.45, 2.75) is 45.4 Å². The topological polar surface area (TPSA) is 38.5 Å². The fourth-order valence-corrected chi connectivity index (χ4v) is 3.34. The molecule has 3 atom stereocenters. The van der Waals surface area contributed by atoms with E-state index in [2.05, 4.69) is 16.6 Å². The number of para-hydroxylation sites is 1. The van der Waals surface area contributed by atoms with E-state index < -0.39 is 6.61 Å². The molecule has 21 heavy (non-hydrogen) atoms. The van der Waals surface area contributed by atoms with Crippen LogP contribution < -0.4 is 10.5 Å². The lowest BCUT2D eigenvalue weighted by Gasteiger charge is -2.43. The van der Waals surface area contributed by atoms with Gasteiger partial charge in [-0.1, -0.05) is 25.1 Å². The maximum absolute atomic E-state index is 12.6. The number of likely N-dealkylation sites (tertiary alicyclic amines) is 1. The molecule has 2 N–H and O–H groups in total. The number of hydrogen-bond donors (Lipinski definition) is 1. The van der Waals surface area contributed by atoms with Gasteiger partial charge in [0.15, 0.2) is 0 Å². The lowest BCUT2D eigenvalue weighted by Crippen LogP contribution is -2.49. The lowest BCUT2D eigenvalue weighted by atomic mass is 9.88. The minimum atomic E-state index is -2.80. The van der Waals surface area contributed by atoms with Crippen LogP contribution in [0.1, 0.15) is 38.3 Å². The molecule has 0 spiro atoms. The molecule has 0 saturated carbocycles. The number of ether oxygens (including phenoxy) is 1. The van der Waals surface area contributed by atoms with Gasteiger partial charge >= 0.3 is 6.61 Å². The largest absolute Gasteiger partial charge is 0.434 e. The van der Waals surface area contributed by atoms with Gasteiger partial charge in [0.25, 0.3) is 0 Å². The van der Waals surface area contributed by atoms with E-state index in [4.69, 9.17) is 5.73 Å². The van der Waals surface area contributed by atoms with Gasteiger partial charge in [0, 0.05) is 24.2 Å². The second-order valence-corrected chi connectivity index (χ2v) is 5.75. The van der Waals surface area contributed by atoms with Crippen LogP contribution in [-0.2, 0) is 0 Å². The predicted molar refractivity (Wildman–Crippen MR) is 79.4 cm³/mol. The average Bonchev–Trinajstić information content (AvgIpc) is 2.46. The Kier molecular flexibility index (Phi) is 5.53. The molecule has 1 aromatic rings. The van der Waals surface area contributed by atoms with Crippen LogP contribution in [0.2, 0.25) is 0 Å². The molecule has 2 rings (SSSR count). The third kappa shape index (κ3) is 3.71. The van der Waals surface area contributed by atoms with Gasteiger partial charge in [0.05, 0.1) is 0 Å². The zero-order valence-corrected chi connectivity index (χ0v) is 12.6. The maximum Gasteiger partial charge on any atom is 0.387 e. The Balaban J connectivity index is 2.24. The zero-order valence-electron chi connectivity index (χ0n) is 12.6. The first-order valence-electron chi connectivity index (χ1n) is 7.54. The smallest absolute Gasteiger partial charge is 0.387 e. The summed E-state index contributed by atoms with van der Waals surface area (Å²) in [6.07, 6.45) is 2.28. The number of hydrogen-bond acceptors (Lipinski definition) is 3. The lowest BCUT2D eigenvalue weighted by molar-refractivity contribution is -0.0516. The van der Waals surface area contributed by atoms with Crippen molar-refractivity contribution < 1.29 is 13.5 Å². The molecule has 118 valence electrons. The Hall–Kier alpha value is -1.20. The summed E-state index contributed by atoms with van der Waals surface area (Å²) in [6, 6.07) is 7.32. The van der Waals surface area contributed by atoms with Gasteiger partial charge in [-0.3, -0.25) is 4.90 Å². The average molecular weight is 298 g/mol. The monoisotopic (exact) mass is 298 g/mol. The molecule has 0 amide bonds. The number of benzene rings is 1. The summed E-state index contributed by atoms with van der Waals surface area (Å²) in [7, 11) is 0. The van der Waals surface area contributed by atoms with Crippen LogP contribution in [-0.4, -0.2) is 30.6 Å². The molecule has 3 nitrogen and oxygen atoms in total. The van der Waals surface area contributed by atoms with Gasteiger partial charge in [0.1, 0.15) is 5.75 Å². The number of nitrogens with zero attached hydrogens (tertiary/aromatic N) is 1. The van der Waals surface area contributed by atoms with E-state index in [1.807, 2.05) is 19.1 Å². The molecule has 1 fully saturated rings. The minimum Gasteiger partial charge on any atom is -0.434 e. The Morgan fingerprint density at radius 1 is 1.38 bits per heavy atom. The third-order valence-electron chi connectivity index (χ3n) is 4.48. The molecule has 1 saturated heterocycles. The normalized spacial score (nSPS) is 25.0. The third-order valence-corrected chi connectivity index (χ3v) is 4.48. The van der Waals surface area contributed by atoms with Crippen molar-refractivity contribution in [3.63, 3.8) is 0 Å². The van der Waals surface area contributed by atoms with Gasteiger partial charge in [-0.05, 0) is 38.3 Å².